The van der Waals surface area contributed by atoms with Crippen molar-refractivity contribution in [1.29, 1.82) is 0 Å². The lowest BCUT2D eigenvalue weighted by atomic mass is 9.82. The Morgan fingerprint density at radius 2 is 1.73 bits per heavy atom. The van der Waals surface area contributed by atoms with Crippen molar-refractivity contribution in [3.05, 3.63) is 94.0 Å². The maximum atomic E-state index is 4.86. The highest BCUT2D eigenvalue weighted by atomic mass is 14.7. The Kier molecular flexibility index (Phi) is 3.29. The molecule has 3 aliphatic carbocycles. The molecule has 3 aromatic carbocycles. The van der Waals surface area contributed by atoms with E-state index in [-0.39, 0.29) is 0 Å². The molecule has 4 aromatic rings. The van der Waals surface area contributed by atoms with E-state index >= 15 is 0 Å². The van der Waals surface area contributed by atoms with Crippen LogP contribution in [0.5, 0.6) is 0 Å². The average Bonchev–Trinajstić information content (AvgIpc) is 3.15. The number of pyridine rings is 1. The second-order valence-electron chi connectivity index (χ2n) is 8.55. The lowest BCUT2D eigenvalue weighted by Crippen LogP contribution is -2.34. The summed E-state index contributed by atoms with van der Waals surface area (Å²) in [5.41, 5.74) is 11.1. The van der Waals surface area contributed by atoms with E-state index < -0.39 is 0 Å². The third kappa shape index (κ3) is 2.10. The van der Waals surface area contributed by atoms with Crippen molar-refractivity contribution in [2.45, 2.75) is 25.7 Å². The molecule has 0 fully saturated rings. The SMILES string of the molecule is C1=Cc2c(c3c4c(c2-c2ccc5ccccc5c2)=CCCC=4c2cccnc2-3)CC1. The molecule has 0 saturated carbocycles. The molecule has 1 aromatic heterocycles. The number of rotatable bonds is 1. The minimum atomic E-state index is 1.10. The number of allylic oxidation sites excluding steroid dienone is 1. The summed E-state index contributed by atoms with van der Waals surface area (Å²) < 4.78 is 0. The van der Waals surface area contributed by atoms with Gasteiger partial charge >= 0.3 is 0 Å². The van der Waals surface area contributed by atoms with Crippen LogP contribution in [0.4, 0.5) is 0 Å². The number of hydrogen-bond donors (Lipinski definition) is 0. The van der Waals surface area contributed by atoms with Crippen molar-refractivity contribution in [2.24, 2.45) is 0 Å². The first kappa shape index (κ1) is 16.4. The summed E-state index contributed by atoms with van der Waals surface area (Å²) in [6, 6.07) is 20.0. The van der Waals surface area contributed by atoms with Gasteiger partial charge in [0.2, 0.25) is 0 Å². The second-order valence-corrected chi connectivity index (χ2v) is 8.55. The maximum Gasteiger partial charge on any atom is 0.0786 e. The smallest absolute Gasteiger partial charge is 0.0786 e. The van der Waals surface area contributed by atoms with E-state index in [4.69, 9.17) is 4.98 Å². The van der Waals surface area contributed by atoms with Crippen LogP contribution in [0.1, 0.15) is 36.0 Å². The molecule has 0 unspecified atom stereocenters. The third-order valence-corrected chi connectivity index (χ3v) is 6.98. The fourth-order valence-electron chi connectivity index (χ4n) is 5.75. The minimum absolute atomic E-state index is 1.10. The molecule has 1 nitrogen and oxygen atoms in total. The van der Waals surface area contributed by atoms with Crippen molar-refractivity contribution < 1.29 is 0 Å². The number of nitrogens with zero attached hydrogens (tertiary/aromatic N) is 1. The Hall–Kier alpha value is -3.45. The highest BCUT2D eigenvalue weighted by Gasteiger charge is 2.29. The molecule has 3 aliphatic rings. The van der Waals surface area contributed by atoms with Crippen LogP contribution in [-0.2, 0) is 6.42 Å². The van der Waals surface area contributed by atoms with Gasteiger partial charge in [-0.15, -0.1) is 0 Å². The highest BCUT2D eigenvalue weighted by Crippen LogP contribution is 2.40. The van der Waals surface area contributed by atoms with Gasteiger partial charge < -0.3 is 0 Å². The Morgan fingerprint density at radius 1 is 0.800 bits per heavy atom. The summed E-state index contributed by atoms with van der Waals surface area (Å²) in [5.74, 6) is 0. The van der Waals surface area contributed by atoms with Crippen LogP contribution in [0.25, 0.3) is 50.9 Å². The molecule has 142 valence electrons. The molecule has 0 saturated heterocycles. The zero-order chi connectivity index (χ0) is 19.7. The van der Waals surface area contributed by atoms with Crippen LogP contribution in [0, 0.1) is 0 Å². The molecule has 1 heterocycles. The third-order valence-electron chi connectivity index (χ3n) is 6.98. The molecule has 0 N–H and O–H groups in total. The lowest BCUT2D eigenvalue weighted by Gasteiger charge is -2.21. The van der Waals surface area contributed by atoms with Crippen LogP contribution in [0.15, 0.2) is 66.9 Å². The van der Waals surface area contributed by atoms with Gasteiger partial charge in [0.25, 0.3) is 0 Å². The standard InChI is InChI=1S/C29H21N/c1-2-8-19-17-20(15-14-18(19)7-1)26-21-9-3-4-10-22(21)28-27-23(11-5-12-25(26)27)24-13-6-16-30-29(24)28/h1-3,6-9,12-17H,4-5,10-11H2. The van der Waals surface area contributed by atoms with E-state index in [0.717, 1.165) is 25.7 Å². The van der Waals surface area contributed by atoms with Crippen LogP contribution in [0.3, 0.4) is 0 Å². The molecule has 0 atom stereocenters. The van der Waals surface area contributed by atoms with E-state index in [9.17, 15) is 0 Å². The minimum Gasteiger partial charge on any atom is -0.256 e. The van der Waals surface area contributed by atoms with Crippen molar-refractivity contribution in [2.75, 3.05) is 0 Å². The Morgan fingerprint density at radius 3 is 2.70 bits per heavy atom. The molecule has 0 spiro atoms. The summed E-state index contributed by atoms with van der Waals surface area (Å²) in [7, 11) is 0. The van der Waals surface area contributed by atoms with E-state index in [2.05, 4.69) is 72.8 Å². The van der Waals surface area contributed by atoms with E-state index in [1.54, 1.807) is 0 Å². The maximum absolute atomic E-state index is 4.86. The topological polar surface area (TPSA) is 12.9 Å². The first-order valence-electron chi connectivity index (χ1n) is 10.9. The predicted octanol–water partition coefficient (Wildman–Crippen LogP) is 5.61. The molecule has 0 radical (unpaired) electrons. The molecular formula is C29H21N. The van der Waals surface area contributed by atoms with Crippen LogP contribution in [0.2, 0.25) is 0 Å². The zero-order valence-electron chi connectivity index (χ0n) is 16.8. The Bertz CT molecular complexity index is 1540. The van der Waals surface area contributed by atoms with Crippen molar-refractivity contribution in [3.63, 3.8) is 0 Å². The van der Waals surface area contributed by atoms with Crippen LogP contribution < -0.4 is 10.4 Å². The Labute approximate surface area is 175 Å². The Balaban J connectivity index is 1.67. The van der Waals surface area contributed by atoms with Gasteiger partial charge in [-0.25, -0.2) is 0 Å². The average molecular weight is 383 g/mol. The molecule has 7 rings (SSSR count). The molecule has 1 heteroatoms. The summed E-state index contributed by atoms with van der Waals surface area (Å²) in [5, 5.41) is 5.49. The number of fused-ring (bicyclic) bond motifs is 6. The molecule has 0 aliphatic heterocycles. The van der Waals surface area contributed by atoms with Gasteiger partial charge in [0.1, 0.15) is 0 Å². The normalized spacial score (nSPS) is 15.5. The van der Waals surface area contributed by atoms with Crippen LogP contribution >= 0.6 is 0 Å². The van der Waals surface area contributed by atoms with Crippen molar-refractivity contribution in [1.82, 2.24) is 4.98 Å². The summed E-state index contributed by atoms with van der Waals surface area (Å²) in [4.78, 5) is 4.86. The lowest BCUT2D eigenvalue weighted by molar-refractivity contribution is 0.982. The summed E-state index contributed by atoms with van der Waals surface area (Å²) in [6.07, 6.45) is 13.5. The molecule has 0 bridgehead atoms. The summed E-state index contributed by atoms with van der Waals surface area (Å²) in [6.45, 7) is 0. The molecular weight excluding hydrogens is 362 g/mol. The quantitative estimate of drug-likeness (QED) is 0.416. The largest absolute Gasteiger partial charge is 0.256 e. The van der Waals surface area contributed by atoms with Crippen molar-refractivity contribution >= 4 is 28.5 Å². The number of hydrogen-bond acceptors (Lipinski definition) is 1. The number of aromatic nitrogens is 1. The van der Waals surface area contributed by atoms with Gasteiger partial charge in [-0.3, -0.25) is 4.98 Å². The van der Waals surface area contributed by atoms with Gasteiger partial charge in [-0.2, -0.15) is 0 Å². The van der Waals surface area contributed by atoms with Crippen LogP contribution in [-0.4, -0.2) is 4.98 Å². The zero-order valence-corrected chi connectivity index (χ0v) is 16.8. The van der Waals surface area contributed by atoms with Crippen molar-refractivity contribution in [3.8, 4) is 22.4 Å². The fraction of sp³-hybridized carbons (Fsp3) is 0.138. The molecule has 30 heavy (non-hydrogen) atoms. The fourth-order valence-corrected chi connectivity index (χ4v) is 5.75. The van der Waals surface area contributed by atoms with E-state index in [0.29, 0.717) is 0 Å². The van der Waals surface area contributed by atoms with Gasteiger partial charge in [0, 0.05) is 17.3 Å². The van der Waals surface area contributed by atoms with Gasteiger partial charge in [0.05, 0.1) is 5.69 Å². The highest BCUT2D eigenvalue weighted by molar-refractivity contribution is 5.96. The molecule has 0 amide bonds. The predicted molar refractivity (Wildman–Crippen MR) is 125 cm³/mol. The van der Waals surface area contributed by atoms with E-state index in [1.807, 2.05) is 6.20 Å². The number of benzene rings is 3. The first-order valence-corrected chi connectivity index (χ1v) is 10.9. The van der Waals surface area contributed by atoms with Gasteiger partial charge in [0.15, 0.2) is 0 Å². The first-order chi connectivity index (χ1) is 14.9. The monoisotopic (exact) mass is 383 g/mol. The van der Waals surface area contributed by atoms with E-state index in [1.165, 1.54) is 65.9 Å². The van der Waals surface area contributed by atoms with Gasteiger partial charge in [-0.1, -0.05) is 60.7 Å². The summed E-state index contributed by atoms with van der Waals surface area (Å²) >= 11 is 0. The van der Waals surface area contributed by atoms with Gasteiger partial charge in [-0.05, 0) is 86.9 Å². The second kappa shape index (κ2) is 6.03.